The summed E-state index contributed by atoms with van der Waals surface area (Å²) in [6.07, 6.45) is 1.56. The van der Waals surface area contributed by atoms with E-state index in [4.69, 9.17) is 9.57 Å². The molecule has 0 aromatic carbocycles. The summed E-state index contributed by atoms with van der Waals surface area (Å²) in [5.41, 5.74) is -2.21. The molecule has 1 aliphatic heterocycles. The normalized spacial score (nSPS) is 14.6. The number of hydrogen-bond donors (Lipinski definition) is 0. The van der Waals surface area contributed by atoms with Gasteiger partial charge in [0.15, 0.2) is 11.4 Å². The van der Waals surface area contributed by atoms with Crippen LogP contribution in [-0.2, 0) is 28.7 Å². The Morgan fingerprint density at radius 3 is 2.04 bits per heavy atom. The zero-order valence-corrected chi connectivity index (χ0v) is 17.7. The number of ether oxygens (including phenoxy) is 2. The van der Waals surface area contributed by atoms with Gasteiger partial charge in [0.1, 0.15) is 12.1 Å². The fourth-order valence-electron chi connectivity index (χ4n) is 2.50. The molecule has 1 heterocycles. The molecule has 160 valence electrons. The summed E-state index contributed by atoms with van der Waals surface area (Å²) in [5.74, 6) is -1.54. The van der Waals surface area contributed by atoms with E-state index in [1.54, 1.807) is 25.7 Å². The van der Waals surface area contributed by atoms with Crippen molar-refractivity contribution in [2.24, 2.45) is 0 Å². The van der Waals surface area contributed by atoms with Crippen molar-refractivity contribution in [1.29, 1.82) is 0 Å². The van der Waals surface area contributed by atoms with E-state index in [0.29, 0.717) is 13.1 Å². The Hall–Kier alpha value is -2.16. The van der Waals surface area contributed by atoms with Gasteiger partial charge in [-0.1, -0.05) is 0 Å². The molecule has 0 unspecified atom stereocenters. The minimum absolute atomic E-state index is 0.0868. The molecule has 1 aliphatic rings. The van der Waals surface area contributed by atoms with Gasteiger partial charge in [-0.2, -0.15) is 5.06 Å². The second-order valence-electron chi connectivity index (χ2n) is 8.23. The largest absolute Gasteiger partial charge is 0.469 e. The molecular weight excluding hydrogens is 368 g/mol. The number of rotatable bonds is 8. The van der Waals surface area contributed by atoms with Gasteiger partial charge in [0.25, 0.3) is 0 Å². The molecule has 0 saturated carbocycles. The fraction of sp³-hybridized carbons (Fsp3) is 0.789. The molecule has 28 heavy (non-hydrogen) atoms. The monoisotopic (exact) mass is 400 g/mol. The van der Waals surface area contributed by atoms with Crippen molar-refractivity contribution in [2.45, 2.75) is 71.5 Å². The first-order valence-corrected chi connectivity index (χ1v) is 9.43. The molecule has 1 saturated heterocycles. The topological polar surface area (TPSA) is 102 Å². The molecule has 0 radical (unpaired) electrons. The Kier molecular flexibility index (Phi) is 8.41. The molecule has 9 nitrogen and oxygen atoms in total. The highest BCUT2D eigenvalue weighted by Crippen LogP contribution is 2.21. The van der Waals surface area contributed by atoms with Crippen LogP contribution in [0, 0.1) is 0 Å². The van der Waals surface area contributed by atoms with Crippen LogP contribution in [0.4, 0.5) is 4.79 Å². The summed E-state index contributed by atoms with van der Waals surface area (Å²) < 4.78 is 9.87. The Labute approximate surface area is 166 Å². The molecule has 2 amide bonds. The zero-order valence-electron chi connectivity index (χ0n) is 17.7. The van der Waals surface area contributed by atoms with Gasteiger partial charge >= 0.3 is 18.0 Å². The Morgan fingerprint density at radius 1 is 0.964 bits per heavy atom. The van der Waals surface area contributed by atoms with E-state index in [-0.39, 0.29) is 25.2 Å². The first kappa shape index (κ1) is 23.9. The van der Waals surface area contributed by atoms with Crippen LogP contribution in [-0.4, -0.2) is 71.7 Å². The van der Waals surface area contributed by atoms with E-state index >= 15 is 0 Å². The number of ketones is 1. The van der Waals surface area contributed by atoms with Crippen LogP contribution in [0.5, 0.6) is 0 Å². The minimum atomic E-state index is -1.48. The lowest BCUT2D eigenvalue weighted by Gasteiger charge is -2.34. The maximum absolute atomic E-state index is 12.8. The third-order valence-corrected chi connectivity index (χ3v) is 3.97. The summed E-state index contributed by atoms with van der Waals surface area (Å²) in [6, 6.07) is -0.486. The predicted octanol–water partition coefficient (Wildman–Crippen LogP) is 2.08. The third kappa shape index (κ3) is 7.84. The molecular formula is C19H32N2O7. The van der Waals surface area contributed by atoms with Crippen LogP contribution in [0.25, 0.3) is 0 Å². The van der Waals surface area contributed by atoms with Gasteiger partial charge in [-0.3, -0.25) is 14.4 Å². The van der Waals surface area contributed by atoms with Crippen molar-refractivity contribution in [2.75, 3.05) is 26.7 Å². The number of Topliss-reactive ketones (excluding diaryl/α,β-unsaturated/α-hetero) is 1. The number of esters is 2. The number of urea groups is 1. The summed E-state index contributed by atoms with van der Waals surface area (Å²) in [7, 11) is 1.24. The second-order valence-corrected chi connectivity index (χ2v) is 8.23. The lowest BCUT2D eigenvalue weighted by atomic mass is 10.1. The maximum Gasteiger partial charge on any atom is 0.344 e. The second kappa shape index (κ2) is 9.86. The van der Waals surface area contributed by atoms with E-state index < -0.39 is 29.2 Å². The molecule has 1 fully saturated rings. The standard InChI is InChI=1S/C19H32N2O7/c1-18(2,3)27-16(24)19(4,5)28-21(17(25)20-11-7-8-12-20)13-14(22)9-10-15(23)26-6/h7-13H2,1-6H3. The average molecular weight is 400 g/mol. The van der Waals surface area contributed by atoms with Crippen LogP contribution in [0.2, 0.25) is 0 Å². The molecule has 0 atom stereocenters. The van der Waals surface area contributed by atoms with Crippen LogP contribution in [0.3, 0.4) is 0 Å². The quantitative estimate of drug-likeness (QED) is 0.454. The van der Waals surface area contributed by atoms with Gasteiger partial charge < -0.3 is 14.4 Å². The fourth-order valence-corrected chi connectivity index (χ4v) is 2.50. The molecule has 0 N–H and O–H groups in total. The molecule has 0 aromatic heterocycles. The summed E-state index contributed by atoms with van der Waals surface area (Å²) >= 11 is 0. The van der Waals surface area contributed by atoms with Crippen molar-refractivity contribution in [3.05, 3.63) is 0 Å². The van der Waals surface area contributed by atoms with Crippen LogP contribution < -0.4 is 0 Å². The molecule has 0 aliphatic carbocycles. The number of nitrogens with zero attached hydrogens (tertiary/aromatic N) is 2. The summed E-state index contributed by atoms with van der Waals surface area (Å²) in [4.78, 5) is 56.0. The molecule has 0 aromatic rings. The van der Waals surface area contributed by atoms with Gasteiger partial charge in [-0.15, -0.1) is 0 Å². The van der Waals surface area contributed by atoms with Crippen molar-refractivity contribution >= 4 is 23.8 Å². The minimum Gasteiger partial charge on any atom is -0.469 e. The average Bonchev–Trinajstić information content (AvgIpc) is 3.11. The first-order valence-electron chi connectivity index (χ1n) is 9.43. The highest BCUT2D eigenvalue weighted by Gasteiger charge is 2.39. The van der Waals surface area contributed by atoms with Gasteiger partial charge in [0, 0.05) is 19.5 Å². The Balaban J connectivity index is 2.87. The predicted molar refractivity (Wildman–Crippen MR) is 100 cm³/mol. The number of carbonyl (C=O) groups is 4. The molecule has 1 rings (SSSR count). The lowest BCUT2D eigenvalue weighted by molar-refractivity contribution is -0.227. The SMILES string of the molecule is COC(=O)CCC(=O)CN(OC(C)(C)C(=O)OC(C)(C)C)C(=O)N1CCCC1. The van der Waals surface area contributed by atoms with E-state index in [1.807, 2.05) is 0 Å². The van der Waals surface area contributed by atoms with Crippen molar-refractivity contribution in [3.8, 4) is 0 Å². The van der Waals surface area contributed by atoms with E-state index in [2.05, 4.69) is 4.74 Å². The van der Waals surface area contributed by atoms with Gasteiger partial charge in [-0.25, -0.2) is 9.59 Å². The summed E-state index contributed by atoms with van der Waals surface area (Å²) in [6.45, 7) is 8.87. The number of hydrogen-bond acceptors (Lipinski definition) is 7. The number of carbonyl (C=O) groups excluding carboxylic acids is 4. The molecule has 0 spiro atoms. The van der Waals surface area contributed by atoms with Gasteiger partial charge in [0.2, 0.25) is 0 Å². The van der Waals surface area contributed by atoms with Crippen LogP contribution in [0.1, 0.15) is 60.3 Å². The van der Waals surface area contributed by atoms with E-state index in [0.717, 1.165) is 17.9 Å². The number of amides is 2. The molecule has 9 heteroatoms. The van der Waals surface area contributed by atoms with Crippen LogP contribution in [0.15, 0.2) is 0 Å². The van der Waals surface area contributed by atoms with Crippen molar-refractivity contribution in [3.63, 3.8) is 0 Å². The highest BCUT2D eigenvalue weighted by molar-refractivity contribution is 5.87. The number of likely N-dealkylation sites (tertiary alicyclic amines) is 1. The number of hydroxylamine groups is 2. The maximum atomic E-state index is 12.8. The van der Waals surface area contributed by atoms with E-state index in [1.165, 1.54) is 21.0 Å². The van der Waals surface area contributed by atoms with Crippen molar-refractivity contribution in [1.82, 2.24) is 9.96 Å². The van der Waals surface area contributed by atoms with Crippen LogP contribution >= 0.6 is 0 Å². The van der Waals surface area contributed by atoms with Gasteiger partial charge in [-0.05, 0) is 47.5 Å². The lowest BCUT2D eigenvalue weighted by Crippen LogP contribution is -2.51. The highest BCUT2D eigenvalue weighted by atomic mass is 16.7. The zero-order chi connectivity index (χ0) is 21.5. The van der Waals surface area contributed by atoms with Crippen molar-refractivity contribution < 1.29 is 33.5 Å². The summed E-state index contributed by atoms with van der Waals surface area (Å²) in [5, 5.41) is 0.898. The third-order valence-electron chi connectivity index (χ3n) is 3.97. The molecule has 0 bridgehead atoms. The number of methoxy groups -OCH3 is 1. The van der Waals surface area contributed by atoms with Gasteiger partial charge in [0.05, 0.1) is 13.5 Å². The Bertz CT molecular complexity index is 590. The Morgan fingerprint density at radius 2 is 1.54 bits per heavy atom. The first-order chi connectivity index (χ1) is 12.9. The van der Waals surface area contributed by atoms with E-state index in [9.17, 15) is 19.2 Å². The smallest absolute Gasteiger partial charge is 0.344 e.